The Morgan fingerprint density at radius 1 is 1.42 bits per heavy atom. The van der Waals surface area contributed by atoms with Gasteiger partial charge in [-0.1, -0.05) is 0 Å². The van der Waals surface area contributed by atoms with Gasteiger partial charge in [0.1, 0.15) is 6.54 Å². The number of aromatic nitrogens is 4. The first-order valence-corrected chi connectivity index (χ1v) is 5.92. The van der Waals surface area contributed by atoms with Gasteiger partial charge in [-0.3, -0.25) is 4.79 Å². The molecule has 104 valence electrons. The summed E-state index contributed by atoms with van der Waals surface area (Å²) in [5.74, 6) is 0.252. The Kier molecular flexibility index (Phi) is 3.93. The molecule has 1 aliphatic heterocycles. The predicted octanol–water partition coefficient (Wildman–Crippen LogP) is -0.296. The minimum Gasteiger partial charge on any atom is -0.468 e. The van der Waals surface area contributed by atoms with Gasteiger partial charge in [0.05, 0.1) is 7.11 Å². The number of carbonyl (C=O) groups excluding carboxylic acids is 1. The number of amides is 1. The lowest BCUT2D eigenvalue weighted by Crippen LogP contribution is -2.37. The van der Waals surface area contributed by atoms with Gasteiger partial charge in [0.25, 0.3) is 0 Å². The largest absolute Gasteiger partial charge is 0.468 e. The highest BCUT2D eigenvalue weighted by molar-refractivity contribution is 5.68. The molecule has 0 spiro atoms. The number of rotatable bonds is 3. The van der Waals surface area contributed by atoms with Crippen LogP contribution in [-0.2, 0) is 16.1 Å². The molecule has 1 saturated heterocycles. The zero-order chi connectivity index (χ0) is 13.8. The summed E-state index contributed by atoms with van der Waals surface area (Å²) in [6.45, 7) is 0.869. The van der Waals surface area contributed by atoms with Crippen LogP contribution in [0.2, 0.25) is 0 Å². The third-order valence-corrected chi connectivity index (χ3v) is 3.20. The molecule has 0 saturated carbocycles. The summed E-state index contributed by atoms with van der Waals surface area (Å²) in [6, 6.07) is 0. The number of hydrogen-bond donors (Lipinski definition) is 1. The minimum absolute atomic E-state index is 0.0298. The van der Waals surface area contributed by atoms with Crippen molar-refractivity contribution in [2.75, 3.05) is 20.2 Å². The number of hydrogen-bond acceptors (Lipinski definition) is 6. The van der Waals surface area contributed by atoms with Crippen LogP contribution >= 0.6 is 0 Å². The Morgan fingerprint density at radius 2 is 2.11 bits per heavy atom. The third kappa shape index (κ3) is 2.98. The number of carboxylic acid groups (broad SMARTS) is 1. The Balaban J connectivity index is 2.02. The average molecular weight is 269 g/mol. The first-order valence-electron chi connectivity index (χ1n) is 5.92. The average Bonchev–Trinajstić information content (AvgIpc) is 2.86. The lowest BCUT2D eigenvalue weighted by atomic mass is 9.96. The second kappa shape index (κ2) is 5.63. The Bertz CT molecular complexity index is 466. The Hall–Kier alpha value is -2.19. The lowest BCUT2D eigenvalue weighted by Gasteiger charge is -2.29. The molecule has 0 radical (unpaired) electrons. The van der Waals surface area contributed by atoms with Gasteiger partial charge in [-0.25, -0.2) is 9.48 Å². The molecular formula is C10H15N5O4. The number of likely N-dealkylation sites (tertiary alicyclic amines) is 1. The van der Waals surface area contributed by atoms with Crippen molar-refractivity contribution in [3.8, 4) is 0 Å². The van der Waals surface area contributed by atoms with Crippen molar-refractivity contribution in [2.45, 2.75) is 25.3 Å². The Labute approximate surface area is 109 Å². The van der Waals surface area contributed by atoms with Crippen molar-refractivity contribution >= 4 is 12.1 Å². The molecule has 0 bridgehead atoms. The Morgan fingerprint density at radius 3 is 2.68 bits per heavy atom. The van der Waals surface area contributed by atoms with Gasteiger partial charge in [-0.2, -0.15) is 0 Å². The number of ether oxygens (including phenoxy) is 1. The number of piperidine rings is 1. The number of methoxy groups -OCH3 is 1. The highest BCUT2D eigenvalue weighted by Gasteiger charge is 2.27. The standard InChI is InChI=1S/C10H15N5O4/c1-19-8(16)6-15-9(11-12-13-15)7-2-4-14(5-3-7)10(17)18/h7H,2-6H2,1H3,(H,17,18). The van der Waals surface area contributed by atoms with Crippen molar-refractivity contribution in [1.29, 1.82) is 0 Å². The summed E-state index contributed by atoms with van der Waals surface area (Å²) in [4.78, 5) is 23.4. The van der Waals surface area contributed by atoms with Crippen LogP contribution in [0.5, 0.6) is 0 Å². The summed E-state index contributed by atoms with van der Waals surface area (Å²) >= 11 is 0. The monoisotopic (exact) mass is 269 g/mol. The van der Waals surface area contributed by atoms with E-state index in [0.29, 0.717) is 31.8 Å². The fourth-order valence-electron chi connectivity index (χ4n) is 2.13. The zero-order valence-corrected chi connectivity index (χ0v) is 10.5. The fraction of sp³-hybridized carbons (Fsp3) is 0.700. The van der Waals surface area contributed by atoms with E-state index in [9.17, 15) is 9.59 Å². The van der Waals surface area contributed by atoms with Crippen LogP contribution in [0.3, 0.4) is 0 Å². The van der Waals surface area contributed by atoms with Crippen LogP contribution in [-0.4, -0.2) is 62.5 Å². The molecular weight excluding hydrogens is 254 g/mol. The number of nitrogens with zero attached hydrogens (tertiary/aromatic N) is 5. The molecule has 1 N–H and O–H groups in total. The topological polar surface area (TPSA) is 110 Å². The fourth-order valence-corrected chi connectivity index (χ4v) is 2.13. The van der Waals surface area contributed by atoms with E-state index in [1.807, 2.05) is 0 Å². The number of tetrazole rings is 1. The SMILES string of the molecule is COC(=O)Cn1nnnc1C1CCN(C(=O)O)CC1. The van der Waals surface area contributed by atoms with Crippen LogP contribution in [0.1, 0.15) is 24.6 Å². The van der Waals surface area contributed by atoms with Crippen LogP contribution < -0.4 is 0 Å². The molecule has 0 unspecified atom stereocenters. The maximum Gasteiger partial charge on any atom is 0.407 e. The summed E-state index contributed by atoms with van der Waals surface area (Å²) in [5.41, 5.74) is 0. The first-order chi connectivity index (χ1) is 9.11. The molecule has 1 amide bonds. The van der Waals surface area contributed by atoms with Crippen molar-refractivity contribution < 1.29 is 19.4 Å². The van der Waals surface area contributed by atoms with E-state index in [4.69, 9.17) is 5.11 Å². The van der Waals surface area contributed by atoms with Gasteiger partial charge in [0.15, 0.2) is 5.82 Å². The minimum atomic E-state index is -0.910. The highest BCUT2D eigenvalue weighted by atomic mass is 16.5. The zero-order valence-electron chi connectivity index (χ0n) is 10.5. The summed E-state index contributed by atoms with van der Waals surface area (Å²) in [7, 11) is 1.30. The van der Waals surface area contributed by atoms with Gasteiger partial charge in [0, 0.05) is 19.0 Å². The molecule has 1 aromatic rings. The maximum absolute atomic E-state index is 11.2. The van der Waals surface area contributed by atoms with E-state index < -0.39 is 12.1 Å². The van der Waals surface area contributed by atoms with E-state index >= 15 is 0 Å². The second-order valence-electron chi connectivity index (χ2n) is 4.31. The molecule has 0 aliphatic carbocycles. The maximum atomic E-state index is 11.2. The van der Waals surface area contributed by atoms with E-state index in [1.54, 1.807) is 0 Å². The van der Waals surface area contributed by atoms with Gasteiger partial charge >= 0.3 is 12.1 Å². The van der Waals surface area contributed by atoms with Crippen LogP contribution in [0.15, 0.2) is 0 Å². The molecule has 0 aromatic carbocycles. The van der Waals surface area contributed by atoms with E-state index in [0.717, 1.165) is 0 Å². The first kappa shape index (κ1) is 13.2. The second-order valence-corrected chi connectivity index (χ2v) is 4.31. The van der Waals surface area contributed by atoms with Crippen LogP contribution in [0.25, 0.3) is 0 Å². The molecule has 2 heterocycles. The van der Waals surface area contributed by atoms with Crippen molar-refractivity contribution in [2.24, 2.45) is 0 Å². The molecule has 9 heteroatoms. The number of carbonyl (C=O) groups is 2. The summed E-state index contributed by atoms with van der Waals surface area (Å²) in [5, 5.41) is 20.1. The van der Waals surface area contributed by atoms with E-state index in [-0.39, 0.29) is 12.5 Å². The molecule has 19 heavy (non-hydrogen) atoms. The molecule has 9 nitrogen and oxygen atoms in total. The van der Waals surface area contributed by atoms with Crippen molar-refractivity contribution in [3.63, 3.8) is 0 Å². The van der Waals surface area contributed by atoms with E-state index in [1.165, 1.54) is 16.7 Å². The molecule has 2 rings (SSSR count). The van der Waals surface area contributed by atoms with Gasteiger partial charge in [-0.15, -0.1) is 5.10 Å². The van der Waals surface area contributed by atoms with Crippen molar-refractivity contribution in [3.05, 3.63) is 5.82 Å². The quantitative estimate of drug-likeness (QED) is 0.750. The molecule has 1 aromatic heterocycles. The van der Waals surface area contributed by atoms with Crippen LogP contribution in [0, 0.1) is 0 Å². The third-order valence-electron chi connectivity index (χ3n) is 3.20. The van der Waals surface area contributed by atoms with Crippen molar-refractivity contribution in [1.82, 2.24) is 25.1 Å². The normalized spacial score (nSPS) is 16.4. The van der Waals surface area contributed by atoms with E-state index in [2.05, 4.69) is 20.3 Å². The molecule has 0 atom stereocenters. The highest BCUT2D eigenvalue weighted by Crippen LogP contribution is 2.25. The van der Waals surface area contributed by atoms with Gasteiger partial charge in [-0.05, 0) is 23.3 Å². The van der Waals surface area contributed by atoms with Crippen LogP contribution in [0.4, 0.5) is 4.79 Å². The summed E-state index contributed by atoms with van der Waals surface area (Å²) in [6.07, 6.45) is 0.384. The molecule has 1 aliphatic rings. The van der Waals surface area contributed by atoms with Gasteiger partial charge in [0.2, 0.25) is 0 Å². The smallest absolute Gasteiger partial charge is 0.407 e. The lowest BCUT2D eigenvalue weighted by molar-refractivity contribution is -0.141. The van der Waals surface area contributed by atoms with Gasteiger partial charge < -0.3 is 14.7 Å². The molecule has 1 fully saturated rings. The predicted molar refractivity (Wildman–Crippen MR) is 61.4 cm³/mol. The number of esters is 1. The summed E-state index contributed by atoms with van der Waals surface area (Å²) < 4.78 is 5.98.